The topological polar surface area (TPSA) is 64.3 Å². The van der Waals surface area contributed by atoms with Gasteiger partial charge < -0.3 is 15.8 Å². The summed E-state index contributed by atoms with van der Waals surface area (Å²) in [4.78, 5) is 11.6. The number of anilines is 1. The number of hydrogen-bond donors (Lipinski definition) is 2. The minimum absolute atomic E-state index is 0.264. The first-order valence-corrected chi connectivity index (χ1v) is 8.07. The molecule has 0 aromatic heterocycles. The van der Waals surface area contributed by atoms with Crippen LogP contribution in [0.1, 0.15) is 36.5 Å². The molecule has 0 aliphatic heterocycles. The zero-order chi connectivity index (χ0) is 17.4. The van der Waals surface area contributed by atoms with Gasteiger partial charge in [-0.2, -0.15) is 0 Å². The van der Waals surface area contributed by atoms with Crippen LogP contribution in [0, 0.1) is 0 Å². The Morgan fingerprint density at radius 2 is 1.96 bits per heavy atom. The average molecular weight is 324 g/mol. The predicted molar refractivity (Wildman–Crippen MR) is 98.6 cm³/mol. The van der Waals surface area contributed by atoms with Crippen LogP contribution in [0.25, 0.3) is 6.08 Å². The molecule has 0 aliphatic rings. The molecule has 0 saturated heterocycles. The van der Waals surface area contributed by atoms with Crippen molar-refractivity contribution >= 4 is 17.9 Å². The van der Waals surface area contributed by atoms with Crippen molar-refractivity contribution in [3.05, 3.63) is 71.3 Å². The second-order valence-corrected chi connectivity index (χ2v) is 5.89. The lowest BCUT2D eigenvalue weighted by molar-refractivity contribution is 0.141. The van der Waals surface area contributed by atoms with Crippen molar-refractivity contribution in [3.8, 4) is 0 Å². The number of alkyl carbamates (subject to hydrolysis) is 1. The number of hydrogen-bond acceptors (Lipinski definition) is 3. The van der Waals surface area contributed by atoms with Crippen LogP contribution in [-0.2, 0) is 11.3 Å². The van der Waals surface area contributed by atoms with Crippen molar-refractivity contribution in [1.29, 1.82) is 0 Å². The first kappa shape index (κ1) is 17.6. The zero-order valence-corrected chi connectivity index (χ0v) is 14.2. The highest BCUT2D eigenvalue weighted by Gasteiger charge is 2.03. The number of carbonyl (C=O) groups is 1. The van der Waals surface area contributed by atoms with E-state index >= 15 is 0 Å². The van der Waals surface area contributed by atoms with Crippen LogP contribution in [0.3, 0.4) is 0 Å². The van der Waals surface area contributed by atoms with Crippen molar-refractivity contribution in [1.82, 2.24) is 5.32 Å². The van der Waals surface area contributed by atoms with Gasteiger partial charge in [-0.3, -0.25) is 0 Å². The summed E-state index contributed by atoms with van der Waals surface area (Å²) in [7, 11) is 0. The Labute approximate surface area is 143 Å². The van der Waals surface area contributed by atoms with E-state index in [0.717, 1.165) is 16.8 Å². The van der Waals surface area contributed by atoms with E-state index in [0.29, 0.717) is 12.5 Å². The van der Waals surface area contributed by atoms with Gasteiger partial charge in [-0.25, -0.2) is 4.79 Å². The van der Waals surface area contributed by atoms with Gasteiger partial charge >= 0.3 is 6.09 Å². The second-order valence-electron chi connectivity index (χ2n) is 5.89. The number of amides is 1. The Morgan fingerprint density at radius 3 is 2.67 bits per heavy atom. The zero-order valence-electron chi connectivity index (χ0n) is 14.2. The van der Waals surface area contributed by atoms with E-state index in [9.17, 15) is 4.79 Å². The van der Waals surface area contributed by atoms with Crippen molar-refractivity contribution < 1.29 is 9.53 Å². The first-order chi connectivity index (χ1) is 11.6. The molecule has 0 radical (unpaired) electrons. The molecule has 2 aromatic rings. The highest BCUT2D eigenvalue weighted by molar-refractivity contribution is 5.68. The maximum absolute atomic E-state index is 11.6. The van der Waals surface area contributed by atoms with Crippen LogP contribution in [0.4, 0.5) is 10.5 Å². The normalized spacial score (nSPS) is 11.0. The van der Waals surface area contributed by atoms with Gasteiger partial charge in [-0.05, 0) is 34.7 Å². The third kappa shape index (κ3) is 5.47. The van der Waals surface area contributed by atoms with Gasteiger partial charge in [0.2, 0.25) is 0 Å². The maximum atomic E-state index is 11.6. The number of nitrogens with two attached hydrogens (primary N) is 1. The van der Waals surface area contributed by atoms with Crippen LogP contribution >= 0.6 is 0 Å². The lowest BCUT2D eigenvalue weighted by Gasteiger charge is -2.08. The molecule has 0 bridgehead atoms. The third-order valence-corrected chi connectivity index (χ3v) is 3.65. The molecule has 0 aliphatic carbocycles. The second kappa shape index (κ2) is 8.77. The molecule has 4 heteroatoms. The Kier molecular flexibility index (Phi) is 6.43. The van der Waals surface area contributed by atoms with Crippen LogP contribution < -0.4 is 11.1 Å². The molecule has 0 spiro atoms. The van der Waals surface area contributed by atoms with E-state index in [1.54, 1.807) is 0 Å². The van der Waals surface area contributed by atoms with Crippen LogP contribution in [0.5, 0.6) is 0 Å². The smallest absolute Gasteiger partial charge is 0.407 e. The molecule has 2 rings (SSSR count). The van der Waals surface area contributed by atoms with Crippen LogP contribution in [0.15, 0.2) is 54.6 Å². The quantitative estimate of drug-likeness (QED) is 0.777. The minimum atomic E-state index is -0.438. The summed E-state index contributed by atoms with van der Waals surface area (Å²) in [5.74, 6) is 0.448. The molecular formula is C20H24N2O2. The number of rotatable bonds is 6. The molecular weight excluding hydrogens is 300 g/mol. The number of nitrogen functional groups attached to an aromatic ring is 1. The van der Waals surface area contributed by atoms with Crippen molar-refractivity contribution in [2.45, 2.75) is 26.4 Å². The Hall–Kier alpha value is -2.75. The van der Waals surface area contributed by atoms with E-state index in [1.165, 1.54) is 5.56 Å². The molecule has 0 saturated carbocycles. The summed E-state index contributed by atoms with van der Waals surface area (Å²) in [6.45, 7) is 4.94. The van der Waals surface area contributed by atoms with Gasteiger partial charge in [-0.1, -0.05) is 62.4 Å². The fourth-order valence-corrected chi connectivity index (χ4v) is 2.20. The van der Waals surface area contributed by atoms with Crippen LogP contribution in [0.2, 0.25) is 0 Å². The van der Waals surface area contributed by atoms with Crippen molar-refractivity contribution in [2.75, 3.05) is 12.3 Å². The summed E-state index contributed by atoms with van der Waals surface area (Å²) in [6.07, 6.45) is 3.34. The van der Waals surface area contributed by atoms with E-state index in [-0.39, 0.29) is 6.61 Å². The molecule has 3 N–H and O–H groups in total. The van der Waals surface area contributed by atoms with Crippen LogP contribution in [-0.4, -0.2) is 12.6 Å². The SMILES string of the molecule is CC(C)c1ccc(N)c(C=CCNC(=O)OCc2ccccc2)c1. The predicted octanol–water partition coefficient (Wildman–Crippen LogP) is 4.33. The molecule has 4 nitrogen and oxygen atoms in total. The summed E-state index contributed by atoms with van der Waals surface area (Å²) in [5.41, 5.74) is 9.86. The lowest BCUT2D eigenvalue weighted by Crippen LogP contribution is -2.24. The summed E-state index contributed by atoms with van der Waals surface area (Å²) in [6, 6.07) is 15.6. The van der Waals surface area contributed by atoms with Gasteiger partial charge in [0.1, 0.15) is 6.61 Å². The monoisotopic (exact) mass is 324 g/mol. The summed E-state index contributed by atoms with van der Waals surface area (Å²) >= 11 is 0. The van der Waals surface area contributed by atoms with Crippen molar-refractivity contribution in [2.24, 2.45) is 0 Å². The standard InChI is InChI=1S/C20H24N2O2/c1-15(2)17-10-11-19(21)18(13-17)9-6-12-22-20(23)24-14-16-7-4-3-5-8-16/h3-11,13,15H,12,14,21H2,1-2H3,(H,22,23). The number of ether oxygens (including phenoxy) is 1. The fraction of sp³-hybridized carbons (Fsp3) is 0.250. The third-order valence-electron chi connectivity index (χ3n) is 3.65. The van der Waals surface area contributed by atoms with E-state index in [1.807, 2.05) is 54.6 Å². The first-order valence-electron chi connectivity index (χ1n) is 8.07. The molecule has 0 heterocycles. The summed E-state index contributed by atoms with van der Waals surface area (Å²) in [5, 5.41) is 2.69. The van der Waals surface area contributed by atoms with Gasteiger partial charge in [-0.15, -0.1) is 0 Å². The lowest BCUT2D eigenvalue weighted by atomic mass is 9.99. The molecule has 0 fully saturated rings. The van der Waals surface area contributed by atoms with Gasteiger partial charge in [0.05, 0.1) is 0 Å². The largest absolute Gasteiger partial charge is 0.445 e. The molecule has 1 amide bonds. The maximum Gasteiger partial charge on any atom is 0.407 e. The van der Waals surface area contributed by atoms with Gasteiger partial charge in [0.15, 0.2) is 0 Å². The highest BCUT2D eigenvalue weighted by atomic mass is 16.5. The van der Waals surface area contributed by atoms with Crippen molar-refractivity contribution in [3.63, 3.8) is 0 Å². The molecule has 0 unspecified atom stereocenters. The number of nitrogens with one attached hydrogen (secondary N) is 1. The van der Waals surface area contributed by atoms with E-state index in [4.69, 9.17) is 10.5 Å². The Bertz CT molecular complexity index is 694. The minimum Gasteiger partial charge on any atom is -0.445 e. The number of benzene rings is 2. The highest BCUT2D eigenvalue weighted by Crippen LogP contribution is 2.21. The van der Waals surface area contributed by atoms with E-state index in [2.05, 4.69) is 25.2 Å². The van der Waals surface area contributed by atoms with Gasteiger partial charge in [0.25, 0.3) is 0 Å². The Balaban J connectivity index is 1.80. The molecule has 126 valence electrons. The fourth-order valence-electron chi connectivity index (χ4n) is 2.20. The number of carbonyl (C=O) groups excluding carboxylic acids is 1. The molecule has 2 aromatic carbocycles. The average Bonchev–Trinajstić information content (AvgIpc) is 2.59. The molecule has 24 heavy (non-hydrogen) atoms. The molecule has 0 atom stereocenters. The Morgan fingerprint density at radius 1 is 1.21 bits per heavy atom. The van der Waals surface area contributed by atoms with E-state index < -0.39 is 6.09 Å². The van der Waals surface area contributed by atoms with Gasteiger partial charge in [0, 0.05) is 12.2 Å². The summed E-state index contributed by atoms with van der Waals surface area (Å²) < 4.78 is 5.15.